The molecule has 0 saturated carbocycles. The van der Waals surface area contributed by atoms with Crippen molar-refractivity contribution in [3.05, 3.63) is 12.7 Å². The SMILES string of the molecule is C=CC(N)=O.O=[PH](O)O.O=[PH](O)O. The monoisotopic (exact) mass is 235 g/mol. The van der Waals surface area contributed by atoms with Crippen molar-refractivity contribution in [2.24, 2.45) is 5.73 Å². The molecule has 0 aliphatic rings. The highest BCUT2D eigenvalue weighted by atomic mass is 31.1. The maximum Gasteiger partial charge on any atom is 0.314 e. The van der Waals surface area contributed by atoms with Crippen molar-refractivity contribution in [3.8, 4) is 0 Å². The van der Waals surface area contributed by atoms with Crippen LogP contribution in [0.2, 0.25) is 0 Å². The molecule has 8 nitrogen and oxygen atoms in total. The third kappa shape index (κ3) is 457. The predicted molar refractivity (Wildman–Crippen MR) is 46.3 cm³/mol. The predicted octanol–water partition coefficient (Wildman–Crippen LogP) is -1.62. The topological polar surface area (TPSA) is 158 Å². The smallest absolute Gasteiger partial charge is 0.314 e. The molecule has 0 spiro atoms. The number of carbonyl (C=O) groups excluding carboxylic acids is 1. The molecule has 0 saturated heterocycles. The lowest BCUT2D eigenvalue weighted by Crippen LogP contribution is -2.04. The van der Waals surface area contributed by atoms with Gasteiger partial charge in [0.05, 0.1) is 0 Å². The molecule has 80 valence electrons. The Morgan fingerprint density at radius 2 is 1.23 bits per heavy atom. The zero-order chi connectivity index (χ0) is 11.4. The first-order chi connectivity index (χ1) is 5.73. The van der Waals surface area contributed by atoms with E-state index in [1.165, 1.54) is 0 Å². The number of rotatable bonds is 1. The molecule has 0 unspecified atom stereocenters. The summed E-state index contributed by atoms with van der Waals surface area (Å²) in [6.07, 6.45) is 1.06. The first kappa shape index (κ1) is 18.3. The van der Waals surface area contributed by atoms with Gasteiger partial charge in [-0.05, 0) is 6.08 Å². The molecule has 0 aromatic carbocycles. The minimum atomic E-state index is -3.13. The summed E-state index contributed by atoms with van der Waals surface area (Å²) in [6, 6.07) is 0. The summed E-state index contributed by atoms with van der Waals surface area (Å²) < 4.78 is 17.5. The lowest BCUT2D eigenvalue weighted by Gasteiger charge is -1.65. The van der Waals surface area contributed by atoms with Crippen LogP contribution in [0.25, 0.3) is 0 Å². The third-order valence-corrected chi connectivity index (χ3v) is 0.201. The minimum Gasteiger partial charge on any atom is -0.366 e. The lowest BCUT2D eigenvalue weighted by atomic mass is 10.6. The molecule has 10 heteroatoms. The van der Waals surface area contributed by atoms with E-state index in [-0.39, 0.29) is 0 Å². The molecule has 13 heavy (non-hydrogen) atoms. The van der Waals surface area contributed by atoms with Crippen molar-refractivity contribution in [1.82, 2.24) is 0 Å². The van der Waals surface area contributed by atoms with Crippen molar-refractivity contribution in [2.75, 3.05) is 0 Å². The van der Waals surface area contributed by atoms with Crippen LogP contribution in [0, 0.1) is 0 Å². The maximum atomic E-state index is 9.47. The van der Waals surface area contributed by atoms with E-state index in [4.69, 9.17) is 28.7 Å². The standard InChI is InChI=1S/C3H5NO.2H3O3P/c1-2-3(4)5;2*1-4(2)3/h2H,1H2,(H2,4,5);2*4H,(H2,1,2,3). The van der Waals surface area contributed by atoms with E-state index >= 15 is 0 Å². The Morgan fingerprint density at radius 3 is 1.23 bits per heavy atom. The summed E-state index contributed by atoms with van der Waals surface area (Å²) in [7, 11) is -6.26. The molecule has 0 aromatic rings. The van der Waals surface area contributed by atoms with Crippen LogP contribution in [-0.4, -0.2) is 25.5 Å². The van der Waals surface area contributed by atoms with Gasteiger partial charge in [0, 0.05) is 0 Å². The van der Waals surface area contributed by atoms with Crippen LogP contribution in [0.4, 0.5) is 0 Å². The second-order valence-corrected chi connectivity index (χ2v) is 2.30. The summed E-state index contributed by atoms with van der Waals surface area (Å²) in [5, 5.41) is 0. The van der Waals surface area contributed by atoms with Gasteiger partial charge in [-0.15, -0.1) is 0 Å². The summed E-state index contributed by atoms with van der Waals surface area (Å²) in [4.78, 5) is 38.1. The highest BCUT2D eigenvalue weighted by molar-refractivity contribution is 7.31. The Bertz CT molecular complexity index is 172. The van der Waals surface area contributed by atoms with Crippen LogP contribution in [-0.2, 0) is 13.9 Å². The molecule has 0 bridgehead atoms. The quantitative estimate of drug-likeness (QED) is 0.269. The first-order valence-corrected chi connectivity index (χ1v) is 5.10. The number of carbonyl (C=O) groups is 1. The van der Waals surface area contributed by atoms with Crippen LogP contribution in [0.1, 0.15) is 0 Å². The second-order valence-electron chi connectivity index (χ2n) is 1.17. The van der Waals surface area contributed by atoms with Gasteiger partial charge in [0.15, 0.2) is 0 Å². The Morgan fingerprint density at radius 1 is 1.15 bits per heavy atom. The average Bonchev–Trinajstić information content (AvgIpc) is 1.84. The first-order valence-electron chi connectivity index (χ1n) is 2.49. The molecular formula is C3H11NO7P2. The number of nitrogens with two attached hydrogens (primary N) is 1. The van der Waals surface area contributed by atoms with Gasteiger partial charge >= 0.3 is 16.5 Å². The van der Waals surface area contributed by atoms with Crippen LogP contribution in [0.5, 0.6) is 0 Å². The van der Waals surface area contributed by atoms with Crippen molar-refractivity contribution in [3.63, 3.8) is 0 Å². The number of hydrogen-bond acceptors (Lipinski definition) is 3. The largest absolute Gasteiger partial charge is 0.366 e. The molecule has 0 rings (SSSR count). The molecule has 6 N–H and O–H groups in total. The van der Waals surface area contributed by atoms with E-state index in [2.05, 4.69) is 12.3 Å². The molecule has 0 aliphatic carbocycles. The average molecular weight is 235 g/mol. The lowest BCUT2D eigenvalue weighted by molar-refractivity contribution is -0.113. The van der Waals surface area contributed by atoms with Crippen LogP contribution in [0.15, 0.2) is 12.7 Å². The van der Waals surface area contributed by atoms with Gasteiger partial charge in [-0.25, -0.2) is 0 Å². The highest BCUT2D eigenvalue weighted by Crippen LogP contribution is 1.98. The van der Waals surface area contributed by atoms with E-state index in [0.717, 1.165) is 6.08 Å². The van der Waals surface area contributed by atoms with E-state index in [1.807, 2.05) is 0 Å². The van der Waals surface area contributed by atoms with Gasteiger partial charge < -0.3 is 25.3 Å². The Labute approximate surface area is 75.2 Å². The van der Waals surface area contributed by atoms with Gasteiger partial charge in [0.1, 0.15) is 0 Å². The molecule has 0 aromatic heterocycles. The van der Waals surface area contributed by atoms with Crippen LogP contribution >= 0.6 is 16.5 Å². The maximum absolute atomic E-state index is 9.47. The van der Waals surface area contributed by atoms with Gasteiger partial charge in [0.25, 0.3) is 0 Å². The number of primary amides is 1. The number of hydrogen-bond donors (Lipinski definition) is 5. The van der Waals surface area contributed by atoms with E-state index in [9.17, 15) is 4.79 Å². The van der Waals surface area contributed by atoms with E-state index in [1.54, 1.807) is 0 Å². The summed E-state index contributed by atoms with van der Waals surface area (Å²) in [5.74, 6) is -0.481. The molecule has 0 radical (unpaired) electrons. The van der Waals surface area contributed by atoms with Gasteiger partial charge in [-0.3, -0.25) is 13.9 Å². The summed E-state index contributed by atoms with van der Waals surface area (Å²) in [5.41, 5.74) is 4.53. The van der Waals surface area contributed by atoms with Crippen molar-refractivity contribution in [2.45, 2.75) is 0 Å². The molecule has 0 aliphatic heterocycles. The molecule has 0 atom stereocenters. The summed E-state index contributed by atoms with van der Waals surface area (Å²) in [6.45, 7) is 3.09. The van der Waals surface area contributed by atoms with Crippen molar-refractivity contribution in [1.29, 1.82) is 0 Å². The Hall–Kier alpha value is -0.490. The second kappa shape index (κ2) is 14.1. The molecular weight excluding hydrogens is 224 g/mol. The van der Waals surface area contributed by atoms with E-state index < -0.39 is 22.4 Å². The number of amides is 1. The third-order valence-electron chi connectivity index (χ3n) is 0.201. The molecule has 0 heterocycles. The zero-order valence-electron chi connectivity index (χ0n) is 6.38. The molecule has 0 fully saturated rings. The fourth-order valence-electron chi connectivity index (χ4n) is 0. The van der Waals surface area contributed by atoms with Crippen molar-refractivity contribution < 1.29 is 33.5 Å². The van der Waals surface area contributed by atoms with Gasteiger partial charge in [0.2, 0.25) is 5.91 Å². The van der Waals surface area contributed by atoms with Crippen LogP contribution < -0.4 is 5.73 Å². The minimum absolute atomic E-state index is 0.481. The fourth-order valence-corrected chi connectivity index (χ4v) is 0. The Kier molecular flexibility index (Phi) is 19.8. The van der Waals surface area contributed by atoms with Gasteiger partial charge in [-0.1, -0.05) is 6.58 Å². The highest BCUT2D eigenvalue weighted by Gasteiger charge is 1.69. The van der Waals surface area contributed by atoms with Crippen LogP contribution in [0.3, 0.4) is 0 Å². The van der Waals surface area contributed by atoms with E-state index in [0.29, 0.717) is 0 Å². The van der Waals surface area contributed by atoms with Crippen molar-refractivity contribution >= 4 is 22.4 Å². The normalized spacial score (nSPS) is 7.85. The van der Waals surface area contributed by atoms with Gasteiger partial charge in [-0.2, -0.15) is 0 Å². The fraction of sp³-hybridized carbons (Fsp3) is 0. The zero-order valence-corrected chi connectivity index (χ0v) is 8.38. The molecule has 1 amide bonds. The summed E-state index contributed by atoms with van der Waals surface area (Å²) >= 11 is 0. The Balaban J connectivity index is -0.000000117.